The van der Waals surface area contributed by atoms with Crippen LogP contribution in [0.4, 0.5) is 0 Å². The Balaban J connectivity index is 1.57. The third kappa shape index (κ3) is 3.98. The lowest BCUT2D eigenvalue weighted by Crippen LogP contribution is -2.26. The van der Waals surface area contributed by atoms with Gasteiger partial charge in [0.2, 0.25) is 5.89 Å². The molecule has 0 aliphatic rings. The molecule has 0 aliphatic carbocycles. The molecule has 4 aromatic rings. The van der Waals surface area contributed by atoms with Gasteiger partial charge in [-0.15, -0.1) is 10.2 Å². The molecule has 2 aromatic carbocycles. The van der Waals surface area contributed by atoms with Crippen molar-refractivity contribution in [2.24, 2.45) is 0 Å². The molecule has 0 amide bonds. The van der Waals surface area contributed by atoms with Gasteiger partial charge in [-0.3, -0.25) is 4.79 Å². The van der Waals surface area contributed by atoms with E-state index in [0.29, 0.717) is 23.2 Å². The third-order valence-electron chi connectivity index (χ3n) is 4.60. The number of aryl methyl sites for hydroxylation is 1. The van der Waals surface area contributed by atoms with E-state index in [2.05, 4.69) is 15.3 Å². The van der Waals surface area contributed by atoms with Crippen molar-refractivity contribution in [3.63, 3.8) is 0 Å². The Morgan fingerprint density at radius 2 is 1.77 bits per heavy atom. The number of carbonyl (C=O) groups is 1. The van der Waals surface area contributed by atoms with Gasteiger partial charge in [0.1, 0.15) is 0 Å². The van der Waals surface area contributed by atoms with Gasteiger partial charge in [-0.1, -0.05) is 49.7 Å². The van der Waals surface area contributed by atoms with Crippen LogP contribution in [0.3, 0.4) is 0 Å². The van der Waals surface area contributed by atoms with Crippen LogP contribution in [0.2, 0.25) is 0 Å². The molecule has 8 heteroatoms. The lowest BCUT2D eigenvalue weighted by atomic mass is 10.1. The molecule has 8 nitrogen and oxygen atoms in total. The minimum absolute atomic E-state index is 0.0871. The summed E-state index contributed by atoms with van der Waals surface area (Å²) in [6.45, 7) is 2.27. The van der Waals surface area contributed by atoms with E-state index in [1.54, 1.807) is 24.3 Å². The second-order valence-corrected chi connectivity index (χ2v) is 6.72. The van der Waals surface area contributed by atoms with Gasteiger partial charge < -0.3 is 9.15 Å². The van der Waals surface area contributed by atoms with Crippen LogP contribution < -0.4 is 5.56 Å². The normalized spacial score (nSPS) is 11.0. The highest BCUT2D eigenvalue weighted by Gasteiger charge is 2.19. The smallest absolute Gasteiger partial charge is 0.359 e. The Bertz CT molecular complexity index is 1230. The highest BCUT2D eigenvalue weighted by Crippen LogP contribution is 2.18. The summed E-state index contributed by atoms with van der Waals surface area (Å²) >= 11 is 0. The zero-order chi connectivity index (χ0) is 20.9. The van der Waals surface area contributed by atoms with Crippen LogP contribution in [0.25, 0.3) is 22.2 Å². The van der Waals surface area contributed by atoms with Gasteiger partial charge in [-0.05, 0) is 24.6 Å². The fourth-order valence-corrected chi connectivity index (χ4v) is 3.05. The van der Waals surface area contributed by atoms with Crippen molar-refractivity contribution in [2.45, 2.75) is 32.9 Å². The molecular formula is C22H20N4O4. The maximum atomic E-state index is 12.8. The van der Waals surface area contributed by atoms with E-state index in [-0.39, 0.29) is 23.8 Å². The average molecular weight is 404 g/mol. The van der Waals surface area contributed by atoms with E-state index in [9.17, 15) is 9.59 Å². The van der Waals surface area contributed by atoms with Crippen LogP contribution in [0.5, 0.6) is 0 Å². The third-order valence-corrected chi connectivity index (χ3v) is 4.60. The molecule has 0 unspecified atom stereocenters. The zero-order valence-electron chi connectivity index (χ0n) is 16.4. The minimum atomic E-state index is -0.657. The van der Waals surface area contributed by atoms with E-state index in [1.165, 1.54) is 4.68 Å². The molecule has 0 saturated heterocycles. The highest BCUT2D eigenvalue weighted by atomic mass is 16.5. The zero-order valence-corrected chi connectivity index (χ0v) is 16.4. The molecule has 0 saturated carbocycles. The van der Waals surface area contributed by atoms with Crippen molar-refractivity contribution in [1.29, 1.82) is 0 Å². The standard InChI is InChI=1S/C22H20N4O4/c1-2-3-13-26-21(27)17-12-8-7-11-16(17)19(25-26)22(28)29-14-18-23-24-20(30-18)15-9-5-4-6-10-15/h4-12H,2-3,13-14H2,1H3. The molecule has 0 atom stereocenters. The summed E-state index contributed by atoms with van der Waals surface area (Å²) in [6, 6.07) is 16.2. The molecule has 2 aromatic heterocycles. The van der Waals surface area contributed by atoms with Crippen molar-refractivity contribution in [3.8, 4) is 11.5 Å². The van der Waals surface area contributed by atoms with Crippen molar-refractivity contribution >= 4 is 16.7 Å². The summed E-state index contributed by atoms with van der Waals surface area (Å²) in [5, 5.41) is 13.1. The van der Waals surface area contributed by atoms with Gasteiger partial charge in [0.25, 0.3) is 11.4 Å². The van der Waals surface area contributed by atoms with Gasteiger partial charge in [0.15, 0.2) is 12.3 Å². The summed E-state index contributed by atoms with van der Waals surface area (Å²) in [5.74, 6) is -0.139. The summed E-state index contributed by atoms with van der Waals surface area (Å²) in [6.07, 6.45) is 1.69. The topological polar surface area (TPSA) is 100 Å². The van der Waals surface area contributed by atoms with Crippen LogP contribution in [0, 0.1) is 0 Å². The predicted octanol–water partition coefficient (Wildman–Crippen LogP) is 3.60. The minimum Gasteiger partial charge on any atom is -0.451 e. The van der Waals surface area contributed by atoms with E-state index >= 15 is 0 Å². The quantitative estimate of drug-likeness (QED) is 0.434. The number of aromatic nitrogens is 4. The number of fused-ring (bicyclic) bond motifs is 1. The fourth-order valence-electron chi connectivity index (χ4n) is 3.05. The molecular weight excluding hydrogens is 384 g/mol. The SMILES string of the molecule is CCCCn1nc(C(=O)OCc2nnc(-c3ccccc3)o2)c2ccccc2c1=O. The van der Waals surface area contributed by atoms with Gasteiger partial charge in [-0.2, -0.15) is 5.10 Å². The van der Waals surface area contributed by atoms with Gasteiger partial charge >= 0.3 is 5.97 Å². The number of hydrogen-bond donors (Lipinski definition) is 0. The average Bonchev–Trinajstić information content (AvgIpc) is 3.27. The number of benzene rings is 2. The monoisotopic (exact) mass is 404 g/mol. The van der Waals surface area contributed by atoms with Crippen molar-refractivity contribution in [2.75, 3.05) is 0 Å². The van der Waals surface area contributed by atoms with E-state index < -0.39 is 5.97 Å². The van der Waals surface area contributed by atoms with Crippen LogP contribution in [0.1, 0.15) is 36.1 Å². The van der Waals surface area contributed by atoms with Crippen molar-refractivity contribution < 1.29 is 13.9 Å². The molecule has 0 aliphatic heterocycles. The fraction of sp³-hybridized carbons (Fsp3) is 0.227. The van der Waals surface area contributed by atoms with E-state index in [0.717, 1.165) is 18.4 Å². The summed E-state index contributed by atoms with van der Waals surface area (Å²) in [5.41, 5.74) is 0.641. The molecule has 152 valence electrons. The van der Waals surface area contributed by atoms with Gasteiger partial charge in [-0.25, -0.2) is 9.48 Å². The molecule has 2 heterocycles. The van der Waals surface area contributed by atoms with Crippen molar-refractivity contribution in [1.82, 2.24) is 20.0 Å². The summed E-state index contributed by atoms with van der Waals surface area (Å²) in [7, 11) is 0. The van der Waals surface area contributed by atoms with E-state index in [1.807, 2.05) is 37.3 Å². The predicted molar refractivity (Wildman–Crippen MR) is 110 cm³/mol. The molecule has 0 spiro atoms. The number of carbonyl (C=O) groups excluding carboxylic acids is 1. The Morgan fingerprint density at radius 3 is 2.53 bits per heavy atom. The first kappa shape index (κ1) is 19.5. The molecule has 0 N–H and O–H groups in total. The lowest BCUT2D eigenvalue weighted by Gasteiger charge is -2.10. The van der Waals surface area contributed by atoms with Crippen LogP contribution >= 0.6 is 0 Å². The lowest BCUT2D eigenvalue weighted by molar-refractivity contribution is 0.0431. The molecule has 4 rings (SSSR count). The van der Waals surface area contributed by atoms with E-state index in [4.69, 9.17) is 9.15 Å². The van der Waals surface area contributed by atoms with Crippen molar-refractivity contribution in [3.05, 3.63) is 76.5 Å². The number of nitrogens with zero attached hydrogens (tertiary/aromatic N) is 4. The first-order chi connectivity index (χ1) is 14.7. The second kappa shape index (κ2) is 8.69. The van der Waals surface area contributed by atoms with Crippen LogP contribution in [0.15, 0.2) is 63.8 Å². The Morgan fingerprint density at radius 1 is 1.03 bits per heavy atom. The molecule has 0 radical (unpaired) electrons. The molecule has 0 bridgehead atoms. The van der Waals surface area contributed by atoms with Gasteiger partial charge in [0.05, 0.1) is 5.39 Å². The summed E-state index contributed by atoms with van der Waals surface area (Å²) < 4.78 is 12.2. The molecule has 0 fully saturated rings. The number of esters is 1. The van der Waals surface area contributed by atoms with Gasteiger partial charge in [0, 0.05) is 17.5 Å². The summed E-state index contributed by atoms with van der Waals surface area (Å²) in [4.78, 5) is 25.4. The Hall–Kier alpha value is -3.81. The number of unbranched alkanes of at least 4 members (excludes halogenated alkanes) is 1. The second-order valence-electron chi connectivity index (χ2n) is 6.72. The Labute approximate surface area is 172 Å². The number of hydrogen-bond acceptors (Lipinski definition) is 7. The maximum Gasteiger partial charge on any atom is 0.359 e. The first-order valence-electron chi connectivity index (χ1n) is 9.72. The maximum absolute atomic E-state index is 12.8. The first-order valence-corrected chi connectivity index (χ1v) is 9.72. The number of ether oxygens (including phenoxy) is 1. The molecule has 30 heavy (non-hydrogen) atoms. The van der Waals surface area contributed by atoms with Crippen LogP contribution in [-0.2, 0) is 17.9 Å². The number of rotatable bonds is 7. The highest BCUT2D eigenvalue weighted by molar-refractivity contribution is 6.02. The largest absolute Gasteiger partial charge is 0.451 e. The Kier molecular flexibility index (Phi) is 5.65. The van der Waals surface area contributed by atoms with Crippen LogP contribution in [-0.4, -0.2) is 25.9 Å².